The van der Waals surface area contributed by atoms with E-state index in [0.717, 1.165) is 12.8 Å². The molecular formula is C22H21. The summed E-state index contributed by atoms with van der Waals surface area (Å²) in [5, 5.41) is 0. The van der Waals surface area contributed by atoms with E-state index in [9.17, 15) is 0 Å². The Morgan fingerprint density at radius 3 is 1.82 bits per heavy atom. The van der Waals surface area contributed by atoms with Crippen molar-refractivity contribution < 1.29 is 0 Å². The summed E-state index contributed by atoms with van der Waals surface area (Å²) >= 11 is 0. The molecule has 0 heterocycles. The molecule has 0 nitrogen and oxygen atoms in total. The molecule has 0 spiro atoms. The lowest BCUT2D eigenvalue weighted by Crippen LogP contribution is -1.97. The van der Waals surface area contributed by atoms with Gasteiger partial charge in [-0.15, -0.1) is 0 Å². The average molecular weight is 285 g/mol. The van der Waals surface area contributed by atoms with Crippen molar-refractivity contribution in [2.45, 2.75) is 19.8 Å². The van der Waals surface area contributed by atoms with Crippen molar-refractivity contribution in [2.75, 3.05) is 0 Å². The summed E-state index contributed by atoms with van der Waals surface area (Å²) in [6, 6.07) is 30.1. The van der Waals surface area contributed by atoms with E-state index in [1.165, 1.54) is 28.2 Å². The first-order chi connectivity index (χ1) is 10.8. The zero-order valence-corrected chi connectivity index (χ0v) is 13.0. The first-order valence-electron chi connectivity index (χ1n) is 7.85. The smallest absolute Gasteiger partial charge is 0.00221 e. The van der Waals surface area contributed by atoms with Crippen LogP contribution in [-0.4, -0.2) is 0 Å². The van der Waals surface area contributed by atoms with Crippen LogP contribution in [0.3, 0.4) is 0 Å². The van der Waals surface area contributed by atoms with Gasteiger partial charge in [0.15, 0.2) is 0 Å². The molecule has 0 amide bonds. The highest BCUT2D eigenvalue weighted by Crippen LogP contribution is 2.22. The first kappa shape index (κ1) is 14.6. The van der Waals surface area contributed by atoms with E-state index >= 15 is 0 Å². The van der Waals surface area contributed by atoms with Crippen LogP contribution in [0.2, 0.25) is 0 Å². The van der Waals surface area contributed by atoms with Crippen LogP contribution in [0.15, 0.2) is 84.9 Å². The van der Waals surface area contributed by atoms with Gasteiger partial charge in [0, 0.05) is 5.92 Å². The number of rotatable bonds is 5. The number of hydrogen-bond donors (Lipinski definition) is 0. The third-order valence-corrected chi connectivity index (χ3v) is 4.12. The summed E-state index contributed by atoms with van der Waals surface area (Å²) < 4.78 is 0. The predicted molar refractivity (Wildman–Crippen MR) is 94.7 cm³/mol. The summed E-state index contributed by atoms with van der Waals surface area (Å²) in [6.45, 7) is 2.23. The second-order valence-corrected chi connectivity index (χ2v) is 5.71. The summed E-state index contributed by atoms with van der Waals surface area (Å²) in [7, 11) is 0. The standard InChI is InChI=1S/C22H21/c1-18(20-8-4-2-5-9-20)12-13-19-14-16-22(17-15-19)21-10-6-3-7-11-21/h2-11,14-17H,12-13H2,1H3. The monoisotopic (exact) mass is 285 g/mol. The van der Waals surface area contributed by atoms with Crippen LogP contribution in [0, 0.1) is 5.92 Å². The molecule has 0 aliphatic carbocycles. The van der Waals surface area contributed by atoms with Crippen molar-refractivity contribution in [3.63, 3.8) is 0 Å². The molecular weight excluding hydrogens is 264 g/mol. The van der Waals surface area contributed by atoms with Crippen LogP contribution < -0.4 is 0 Å². The van der Waals surface area contributed by atoms with Crippen LogP contribution in [0.4, 0.5) is 0 Å². The molecule has 0 saturated carbocycles. The van der Waals surface area contributed by atoms with Crippen LogP contribution >= 0.6 is 0 Å². The summed E-state index contributed by atoms with van der Waals surface area (Å²) in [4.78, 5) is 0. The number of benzene rings is 3. The largest absolute Gasteiger partial charge is 0.0622 e. The van der Waals surface area contributed by atoms with Gasteiger partial charge in [0.1, 0.15) is 0 Å². The van der Waals surface area contributed by atoms with Crippen LogP contribution in [-0.2, 0) is 6.42 Å². The molecule has 3 aromatic rings. The Labute approximate surface area is 133 Å². The minimum absolute atomic E-state index is 1.09. The number of aryl methyl sites for hydroxylation is 1. The molecule has 3 rings (SSSR count). The molecule has 0 saturated heterocycles. The molecule has 0 atom stereocenters. The van der Waals surface area contributed by atoms with Gasteiger partial charge in [-0.2, -0.15) is 0 Å². The van der Waals surface area contributed by atoms with E-state index in [4.69, 9.17) is 0 Å². The van der Waals surface area contributed by atoms with Crippen LogP contribution in [0.25, 0.3) is 11.1 Å². The van der Waals surface area contributed by atoms with Gasteiger partial charge in [0.05, 0.1) is 0 Å². The third-order valence-electron chi connectivity index (χ3n) is 4.12. The van der Waals surface area contributed by atoms with Crippen LogP contribution in [0.5, 0.6) is 0 Å². The fourth-order valence-electron chi connectivity index (χ4n) is 2.69. The highest BCUT2D eigenvalue weighted by molar-refractivity contribution is 5.63. The predicted octanol–water partition coefficient (Wildman–Crippen LogP) is 5.93. The van der Waals surface area contributed by atoms with Gasteiger partial charge < -0.3 is 0 Å². The molecule has 0 bridgehead atoms. The number of hydrogen-bond acceptors (Lipinski definition) is 0. The molecule has 0 aromatic heterocycles. The summed E-state index contributed by atoms with van der Waals surface area (Å²) in [6.07, 6.45) is 2.20. The SMILES string of the molecule is C[C](CCc1ccc(-c2ccccc2)cc1)c1ccccc1. The van der Waals surface area contributed by atoms with Crippen LogP contribution in [0.1, 0.15) is 24.5 Å². The van der Waals surface area contributed by atoms with E-state index in [2.05, 4.69) is 91.9 Å². The maximum Gasteiger partial charge on any atom is 0.00221 e. The minimum Gasteiger partial charge on any atom is -0.0622 e. The van der Waals surface area contributed by atoms with Gasteiger partial charge in [-0.1, -0.05) is 91.9 Å². The second kappa shape index (κ2) is 7.09. The summed E-state index contributed by atoms with van der Waals surface area (Å²) in [5.41, 5.74) is 5.31. The topological polar surface area (TPSA) is 0 Å². The molecule has 0 N–H and O–H groups in total. The normalized spacial score (nSPS) is 10.8. The Morgan fingerprint density at radius 1 is 0.636 bits per heavy atom. The van der Waals surface area contributed by atoms with Gasteiger partial charge in [0.25, 0.3) is 0 Å². The van der Waals surface area contributed by atoms with E-state index in [-0.39, 0.29) is 0 Å². The average Bonchev–Trinajstić information content (AvgIpc) is 2.61. The van der Waals surface area contributed by atoms with E-state index in [1.807, 2.05) is 0 Å². The van der Waals surface area contributed by atoms with Crippen molar-refractivity contribution in [1.82, 2.24) is 0 Å². The van der Waals surface area contributed by atoms with Gasteiger partial charge in [-0.3, -0.25) is 0 Å². The molecule has 22 heavy (non-hydrogen) atoms. The highest BCUT2D eigenvalue weighted by Gasteiger charge is 2.06. The maximum absolute atomic E-state index is 2.25. The van der Waals surface area contributed by atoms with Gasteiger partial charge >= 0.3 is 0 Å². The Morgan fingerprint density at radius 2 is 1.18 bits per heavy atom. The minimum atomic E-state index is 1.09. The van der Waals surface area contributed by atoms with E-state index in [0.29, 0.717) is 0 Å². The molecule has 3 aromatic carbocycles. The van der Waals surface area contributed by atoms with Gasteiger partial charge in [0.2, 0.25) is 0 Å². The maximum atomic E-state index is 2.25. The quantitative estimate of drug-likeness (QED) is 0.545. The van der Waals surface area contributed by atoms with Gasteiger partial charge in [-0.25, -0.2) is 0 Å². The fourth-order valence-corrected chi connectivity index (χ4v) is 2.69. The first-order valence-corrected chi connectivity index (χ1v) is 7.85. The molecule has 0 aliphatic heterocycles. The Balaban J connectivity index is 1.62. The lowest BCUT2D eigenvalue weighted by molar-refractivity contribution is 0.855. The zero-order chi connectivity index (χ0) is 15.2. The summed E-state index contributed by atoms with van der Waals surface area (Å²) in [5.74, 6) is 1.45. The van der Waals surface area contributed by atoms with Gasteiger partial charge in [-0.05, 0) is 35.1 Å². The third kappa shape index (κ3) is 3.65. The van der Waals surface area contributed by atoms with Crippen molar-refractivity contribution in [3.05, 3.63) is 102 Å². The Kier molecular flexibility index (Phi) is 4.70. The Bertz CT molecular complexity index is 681. The molecule has 0 aliphatic rings. The van der Waals surface area contributed by atoms with Crippen molar-refractivity contribution in [1.29, 1.82) is 0 Å². The molecule has 0 unspecified atom stereocenters. The second-order valence-electron chi connectivity index (χ2n) is 5.71. The lowest BCUT2D eigenvalue weighted by Gasteiger charge is -2.11. The van der Waals surface area contributed by atoms with Crippen molar-refractivity contribution in [3.8, 4) is 11.1 Å². The van der Waals surface area contributed by atoms with Crippen molar-refractivity contribution >= 4 is 0 Å². The highest BCUT2D eigenvalue weighted by atomic mass is 14.1. The fraction of sp³-hybridized carbons (Fsp3) is 0.136. The Hall–Kier alpha value is -2.34. The molecule has 0 fully saturated rings. The zero-order valence-electron chi connectivity index (χ0n) is 13.0. The molecule has 1 radical (unpaired) electrons. The van der Waals surface area contributed by atoms with E-state index in [1.54, 1.807) is 0 Å². The van der Waals surface area contributed by atoms with Crippen molar-refractivity contribution in [2.24, 2.45) is 0 Å². The van der Waals surface area contributed by atoms with E-state index < -0.39 is 0 Å². The lowest BCUT2D eigenvalue weighted by atomic mass is 9.93. The molecule has 0 heteroatoms. The molecule has 109 valence electrons.